The molecule has 1 aromatic rings. The van der Waals surface area contributed by atoms with Crippen molar-refractivity contribution in [2.24, 2.45) is 5.73 Å². The van der Waals surface area contributed by atoms with Crippen LogP contribution >= 0.6 is 0 Å². The molecule has 0 saturated heterocycles. The fourth-order valence-corrected chi connectivity index (χ4v) is 2.44. The number of halogens is 3. The van der Waals surface area contributed by atoms with E-state index in [1.807, 2.05) is 11.9 Å². The molecule has 5 heteroatoms. The van der Waals surface area contributed by atoms with Crippen LogP contribution in [0.4, 0.5) is 18.9 Å². The Hall–Kier alpha value is -1.23. The predicted octanol–water partition coefficient (Wildman–Crippen LogP) is 3.02. The van der Waals surface area contributed by atoms with Crippen molar-refractivity contribution in [2.75, 3.05) is 11.9 Å². The highest BCUT2D eigenvalue weighted by atomic mass is 19.4. The van der Waals surface area contributed by atoms with Gasteiger partial charge in [0, 0.05) is 24.8 Å². The van der Waals surface area contributed by atoms with Crippen LogP contribution in [-0.4, -0.2) is 19.1 Å². The van der Waals surface area contributed by atoms with E-state index >= 15 is 0 Å². The highest BCUT2D eigenvalue weighted by molar-refractivity contribution is 5.48. The first-order valence-corrected chi connectivity index (χ1v) is 6.03. The largest absolute Gasteiger partial charge is 0.416 e. The fourth-order valence-electron chi connectivity index (χ4n) is 2.44. The molecule has 2 atom stereocenters. The molecular formula is C13H17F3N2. The van der Waals surface area contributed by atoms with Crippen molar-refractivity contribution in [3.63, 3.8) is 0 Å². The Kier molecular flexibility index (Phi) is 3.52. The summed E-state index contributed by atoms with van der Waals surface area (Å²) in [5.41, 5.74) is 6.05. The number of anilines is 1. The maximum atomic E-state index is 12.4. The van der Waals surface area contributed by atoms with Crippen LogP contribution in [0.5, 0.6) is 0 Å². The van der Waals surface area contributed by atoms with E-state index in [1.165, 1.54) is 12.1 Å². The standard InChI is InChI=1S/C13H17F3N2/c1-18(12-7-4-10(17)8-12)11-5-2-9(3-6-11)13(14,15)16/h2-3,5-6,10,12H,4,7-8,17H2,1H3/t10-,12-/m0/s1. The third kappa shape index (κ3) is 2.77. The highest BCUT2D eigenvalue weighted by Crippen LogP contribution is 2.32. The van der Waals surface area contributed by atoms with Gasteiger partial charge >= 0.3 is 6.18 Å². The Balaban J connectivity index is 2.10. The first-order valence-electron chi connectivity index (χ1n) is 6.03. The van der Waals surface area contributed by atoms with Crippen LogP contribution in [0.15, 0.2) is 24.3 Å². The van der Waals surface area contributed by atoms with Gasteiger partial charge in [0.05, 0.1) is 5.56 Å². The van der Waals surface area contributed by atoms with Gasteiger partial charge in [0.2, 0.25) is 0 Å². The summed E-state index contributed by atoms with van der Waals surface area (Å²) in [6.45, 7) is 0. The number of rotatable bonds is 2. The number of nitrogens with two attached hydrogens (primary N) is 1. The Morgan fingerprint density at radius 3 is 2.22 bits per heavy atom. The summed E-state index contributed by atoms with van der Waals surface area (Å²) in [5, 5.41) is 0. The van der Waals surface area contributed by atoms with Gasteiger partial charge in [-0.2, -0.15) is 13.2 Å². The van der Waals surface area contributed by atoms with Gasteiger partial charge in [0.1, 0.15) is 0 Å². The molecule has 0 amide bonds. The average molecular weight is 258 g/mol. The van der Waals surface area contributed by atoms with E-state index < -0.39 is 11.7 Å². The van der Waals surface area contributed by atoms with Gasteiger partial charge in [-0.3, -0.25) is 0 Å². The zero-order valence-electron chi connectivity index (χ0n) is 10.2. The lowest BCUT2D eigenvalue weighted by atomic mass is 10.1. The molecule has 0 aliphatic heterocycles. The van der Waals surface area contributed by atoms with Crippen molar-refractivity contribution in [1.82, 2.24) is 0 Å². The zero-order chi connectivity index (χ0) is 13.3. The van der Waals surface area contributed by atoms with Crippen molar-refractivity contribution in [3.05, 3.63) is 29.8 Å². The Morgan fingerprint density at radius 2 is 1.78 bits per heavy atom. The lowest BCUT2D eigenvalue weighted by molar-refractivity contribution is -0.137. The van der Waals surface area contributed by atoms with Crippen molar-refractivity contribution in [1.29, 1.82) is 0 Å². The first kappa shape index (κ1) is 13.2. The fraction of sp³-hybridized carbons (Fsp3) is 0.538. The molecule has 1 saturated carbocycles. The average Bonchev–Trinajstić information content (AvgIpc) is 2.74. The second kappa shape index (κ2) is 4.80. The third-order valence-corrected chi connectivity index (χ3v) is 3.60. The van der Waals surface area contributed by atoms with Gasteiger partial charge < -0.3 is 10.6 Å². The minimum absolute atomic E-state index is 0.215. The quantitative estimate of drug-likeness (QED) is 0.883. The summed E-state index contributed by atoms with van der Waals surface area (Å²) in [4.78, 5) is 2.02. The predicted molar refractivity (Wildman–Crippen MR) is 65.5 cm³/mol. The third-order valence-electron chi connectivity index (χ3n) is 3.60. The molecule has 0 bridgehead atoms. The Morgan fingerprint density at radius 1 is 1.17 bits per heavy atom. The molecule has 100 valence electrons. The van der Waals surface area contributed by atoms with Crippen molar-refractivity contribution >= 4 is 5.69 Å². The summed E-state index contributed by atoms with van der Waals surface area (Å²) in [6, 6.07) is 5.84. The molecule has 2 rings (SSSR count). The van der Waals surface area contributed by atoms with Crippen LogP contribution in [0, 0.1) is 0 Å². The van der Waals surface area contributed by atoms with E-state index in [4.69, 9.17) is 5.73 Å². The highest BCUT2D eigenvalue weighted by Gasteiger charge is 2.30. The summed E-state index contributed by atoms with van der Waals surface area (Å²) in [5.74, 6) is 0. The summed E-state index contributed by atoms with van der Waals surface area (Å²) < 4.78 is 37.3. The molecular weight excluding hydrogens is 241 g/mol. The molecule has 1 aliphatic carbocycles. The number of hydrogen-bond donors (Lipinski definition) is 1. The molecule has 2 N–H and O–H groups in total. The second-order valence-corrected chi connectivity index (χ2v) is 4.88. The molecule has 1 aliphatic rings. The number of alkyl halides is 3. The van der Waals surface area contributed by atoms with Crippen molar-refractivity contribution in [2.45, 2.75) is 37.5 Å². The van der Waals surface area contributed by atoms with Crippen LogP contribution in [0.3, 0.4) is 0 Å². The molecule has 1 fully saturated rings. The van der Waals surface area contributed by atoms with Crippen LogP contribution < -0.4 is 10.6 Å². The minimum Gasteiger partial charge on any atom is -0.372 e. The number of hydrogen-bond acceptors (Lipinski definition) is 2. The molecule has 0 spiro atoms. The Bertz CT molecular complexity index is 400. The van der Waals surface area contributed by atoms with Crippen molar-refractivity contribution in [3.8, 4) is 0 Å². The van der Waals surface area contributed by atoms with Gasteiger partial charge in [-0.15, -0.1) is 0 Å². The molecule has 0 heterocycles. The summed E-state index contributed by atoms with van der Waals surface area (Å²) >= 11 is 0. The van der Waals surface area contributed by atoms with E-state index in [0.29, 0.717) is 6.04 Å². The monoisotopic (exact) mass is 258 g/mol. The maximum Gasteiger partial charge on any atom is 0.416 e. The molecule has 0 unspecified atom stereocenters. The van der Waals surface area contributed by atoms with Gasteiger partial charge in [-0.25, -0.2) is 0 Å². The summed E-state index contributed by atoms with van der Waals surface area (Å²) in [6.07, 6.45) is -1.39. The van der Waals surface area contributed by atoms with Gasteiger partial charge in [0.15, 0.2) is 0 Å². The van der Waals surface area contributed by atoms with E-state index in [-0.39, 0.29) is 6.04 Å². The number of benzene rings is 1. The van der Waals surface area contributed by atoms with Crippen LogP contribution in [0.1, 0.15) is 24.8 Å². The van der Waals surface area contributed by atoms with Crippen LogP contribution in [-0.2, 0) is 6.18 Å². The van der Waals surface area contributed by atoms with Crippen LogP contribution in [0.25, 0.3) is 0 Å². The van der Waals surface area contributed by atoms with Gasteiger partial charge in [0.25, 0.3) is 0 Å². The van der Waals surface area contributed by atoms with Gasteiger partial charge in [-0.1, -0.05) is 0 Å². The lowest BCUT2D eigenvalue weighted by Crippen LogP contribution is -2.30. The minimum atomic E-state index is -4.27. The molecule has 18 heavy (non-hydrogen) atoms. The van der Waals surface area contributed by atoms with E-state index in [0.717, 1.165) is 37.1 Å². The zero-order valence-corrected chi connectivity index (χ0v) is 10.2. The Labute approximate surface area is 105 Å². The number of nitrogens with zero attached hydrogens (tertiary/aromatic N) is 1. The maximum absolute atomic E-state index is 12.4. The molecule has 0 aromatic heterocycles. The molecule has 2 nitrogen and oxygen atoms in total. The SMILES string of the molecule is CN(c1ccc(C(F)(F)F)cc1)[C@H]1CC[C@H](N)C1. The van der Waals surface area contributed by atoms with E-state index in [1.54, 1.807) is 0 Å². The first-order chi connectivity index (χ1) is 8.38. The van der Waals surface area contributed by atoms with Gasteiger partial charge in [-0.05, 0) is 43.5 Å². The van der Waals surface area contributed by atoms with Crippen molar-refractivity contribution < 1.29 is 13.2 Å². The smallest absolute Gasteiger partial charge is 0.372 e. The molecule has 0 radical (unpaired) electrons. The second-order valence-electron chi connectivity index (χ2n) is 4.88. The summed E-state index contributed by atoms with van der Waals surface area (Å²) in [7, 11) is 1.91. The normalized spacial score (nSPS) is 24.3. The topological polar surface area (TPSA) is 29.3 Å². The molecule has 1 aromatic carbocycles. The van der Waals surface area contributed by atoms with E-state index in [2.05, 4.69) is 0 Å². The van der Waals surface area contributed by atoms with E-state index in [9.17, 15) is 13.2 Å². The lowest BCUT2D eigenvalue weighted by Gasteiger charge is -2.27. The van der Waals surface area contributed by atoms with Crippen LogP contribution in [0.2, 0.25) is 0 Å².